The van der Waals surface area contributed by atoms with Gasteiger partial charge in [0, 0.05) is 9.61 Å². The van der Waals surface area contributed by atoms with Crippen LogP contribution in [-0.2, 0) is 0 Å². The molecule has 0 bridgehead atoms. The Hall–Kier alpha value is -0.290. The van der Waals surface area contributed by atoms with Crippen LogP contribution in [0.3, 0.4) is 0 Å². The van der Waals surface area contributed by atoms with Crippen LogP contribution in [0.1, 0.15) is 26.2 Å². The third kappa shape index (κ3) is 5.37. The number of hydrogen-bond donors (Lipinski definition) is 2. The number of hydrogen-bond acceptors (Lipinski definition) is 2. The molecule has 0 aromatic heterocycles. The molecule has 15 heavy (non-hydrogen) atoms. The van der Waals surface area contributed by atoms with Gasteiger partial charge in [-0.25, -0.2) is 0 Å². The van der Waals surface area contributed by atoms with E-state index in [1.807, 2.05) is 30.3 Å². The summed E-state index contributed by atoms with van der Waals surface area (Å²) in [6, 6.07) is 9.81. The molecule has 84 valence electrons. The van der Waals surface area contributed by atoms with Crippen LogP contribution in [0.5, 0.6) is 0 Å². The van der Waals surface area contributed by atoms with Crippen molar-refractivity contribution in [2.45, 2.75) is 36.3 Å². The minimum Gasteiger partial charge on any atom is -0.374 e. The van der Waals surface area contributed by atoms with E-state index in [9.17, 15) is 5.11 Å². The van der Waals surface area contributed by atoms with E-state index in [1.165, 1.54) is 6.42 Å². The van der Waals surface area contributed by atoms with Gasteiger partial charge in [0.05, 0.1) is 0 Å². The summed E-state index contributed by atoms with van der Waals surface area (Å²) in [6.07, 6.45) is 2.59. The van der Waals surface area contributed by atoms with Gasteiger partial charge in [0.1, 0.15) is 6.23 Å². The summed E-state index contributed by atoms with van der Waals surface area (Å²) in [7, 11) is 0. The van der Waals surface area contributed by atoms with Gasteiger partial charge in [0.2, 0.25) is 0 Å². The normalized spacial score (nSPS) is 14.6. The third-order valence-corrected chi connectivity index (χ3v) is 3.81. The minimum atomic E-state index is -0.434. The van der Waals surface area contributed by atoms with Crippen molar-refractivity contribution in [3.05, 3.63) is 30.3 Å². The summed E-state index contributed by atoms with van der Waals surface area (Å²) >= 11 is 2.43. The molecule has 1 aromatic rings. The van der Waals surface area contributed by atoms with E-state index in [4.69, 9.17) is 0 Å². The number of rotatable bonds is 6. The maximum atomic E-state index is 9.73. The Morgan fingerprint density at radius 1 is 1.27 bits per heavy atom. The highest BCUT2D eigenvalue weighted by Crippen LogP contribution is 2.15. The topological polar surface area (TPSA) is 32.3 Å². The molecule has 0 fully saturated rings. The van der Waals surface area contributed by atoms with Crippen molar-refractivity contribution >= 4 is 28.3 Å². The van der Waals surface area contributed by atoms with E-state index >= 15 is 0 Å². The average Bonchev–Trinajstić information content (AvgIpc) is 2.27. The lowest BCUT2D eigenvalue weighted by Crippen LogP contribution is -2.19. The van der Waals surface area contributed by atoms with E-state index in [0.29, 0.717) is 3.92 Å². The number of halogens is 1. The number of benzene rings is 1. The van der Waals surface area contributed by atoms with Gasteiger partial charge in [-0.15, -0.1) is 0 Å². The number of alkyl halides is 1. The maximum Gasteiger partial charge on any atom is 0.124 e. The zero-order chi connectivity index (χ0) is 11.1. The van der Waals surface area contributed by atoms with Crippen LogP contribution in [0.4, 0.5) is 5.69 Å². The predicted molar refractivity (Wildman–Crippen MR) is 73.4 cm³/mol. The molecule has 0 saturated carbocycles. The Morgan fingerprint density at radius 3 is 2.53 bits per heavy atom. The number of anilines is 1. The second kappa shape index (κ2) is 7.06. The highest BCUT2D eigenvalue weighted by atomic mass is 127. The predicted octanol–water partition coefficient (Wildman–Crippen LogP) is 3.41. The monoisotopic (exact) mass is 319 g/mol. The lowest BCUT2D eigenvalue weighted by Gasteiger charge is -2.15. The lowest BCUT2D eigenvalue weighted by molar-refractivity contribution is 0.190. The van der Waals surface area contributed by atoms with Gasteiger partial charge in [-0.05, 0) is 31.4 Å². The smallest absolute Gasteiger partial charge is 0.124 e. The van der Waals surface area contributed by atoms with Gasteiger partial charge in [0.15, 0.2) is 0 Å². The van der Waals surface area contributed by atoms with Crippen molar-refractivity contribution in [1.82, 2.24) is 0 Å². The molecule has 1 aromatic carbocycles. The van der Waals surface area contributed by atoms with Crippen molar-refractivity contribution in [2.75, 3.05) is 5.32 Å². The molecule has 0 saturated heterocycles. The maximum absolute atomic E-state index is 9.73. The van der Waals surface area contributed by atoms with Crippen molar-refractivity contribution in [3.8, 4) is 0 Å². The Kier molecular flexibility index (Phi) is 6.02. The van der Waals surface area contributed by atoms with Gasteiger partial charge in [-0.1, -0.05) is 47.7 Å². The van der Waals surface area contributed by atoms with E-state index in [-0.39, 0.29) is 0 Å². The summed E-state index contributed by atoms with van der Waals surface area (Å²) in [4.78, 5) is 0. The number of nitrogens with one attached hydrogen (secondary N) is 1. The van der Waals surface area contributed by atoms with Crippen molar-refractivity contribution in [1.29, 1.82) is 0 Å². The standard InChI is InChI=1S/C12H18INO/c1-2-10(13)8-9-12(15)14-11-6-4-3-5-7-11/h3-7,10,12,14-15H,2,8-9H2,1H3. The molecular formula is C12H18INO. The number of aliphatic hydroxyl groups excluding tert-OH is 1. The van der Waals surface area contributed by atoms with Crippen LogP contribution in [0.25, 0.3) is 0 Å². The molecule has 0 spiro atoms. The van der Waals surface area contributed by atoms with Crippen LogP contribution in [0, 0.1) is 0 Å². The molecule has 0 amide bonds. The fourth-order valence-electron chi connectivity index (χ4n) is 1.34. The Morgan fingerprint density at radius 2 is 1.93 bits per heavy atom. The zero-order valence-electron chi connectivity index (χ0n) is 8.99. The van der Waals surface area contributed by atoms with E-state index in [2.05, 4.69) is 34.8 Å². The number of para-hydroxylation sites is 1. The molecule has 0 aliphatic rings. The second-order valence-electron chi connectivity index (χ2n) is 3.61. The van der Waals surface area contributed by atoms with Crippen molar-refractivity contribution in [2.24, 2.45) is 0 Å². The first-order valence-electron chi connectivity index (χ1n) is 5.36. The van der Waals surface area contributed by atoms with Crippen LogP contribution in [0.2, 0.25) is 0 Å². The molecule has 0 radical (unpaired) electrons. The molecule has 1 rings (SSSR count). The fourth-order valence-corrected chi connectivity index (χ4v) is 1.70. The SMILES string of the molecule is CCC(I)CCC(O)Nc1ccccc1. The van der Waals surface area contributed by atoms with Crippen molar-refractivity contribution in [3.63, 3.8) is 0 Å². The molecule has 2 nitrogen and oxygen atoms in total. The van der Waals surface area contributed by atoms with Crippen molar-refractivity contribution < 1.29 is 5.11 Å². The highest BCUT2D eigenvalue weighted by molar-refractivity contribution is 14.1. The van der Waals surface area contributed by atoms with E-state index in [1.54, 1.807) is 0 Å². The summed E-state index contributed by atoms with van der Waals surface area (Å²) < 4.78 is 0.662. The molecule has 2 atom stereocenters. The molecule has 2 unspecified atom stereocenters. The van der Waals surface area contributed by atoms with Crippen LogP contribution in [-0.4, -0.2) is 15.3 Å². The van der Waals surface area contributed by atoms with Gasteiger partial charge in [0.25, 0.3) is 0 Å². The summed E-state index contributed by atoms with van der Waals surface area (Å²) in [5.74, 6) is 0. The number of aliphatic hydroxyl groups is 1. The largest absolute Gasteiger partial charge is 0.374 e. The molecular weight excluding hydrogens is 301 g/mol. The van der Waals surface area contributed by atoms with Crippen LogP contribution < -0.4 is 5.32 Å². The third-order valence-electron chi connectivity index (χ3n) is 2.30. The zero-order valence-corrected chi connectivity index (χ0v) is 11.1. The average molecular weight is 319 g/mol. The van der Waals surface area contributed by atoms with E-state index in [0.717, 1.165) is 18.5 Å². The Balaban J connectivity index is 2.27. The first-order chi connectivity index (χ1) is 7.22. The fraction of sp³-hybridized carbons (Fsp3) is 0.500. The van der Waals surface area contributed by atoms with Gasteiger partial charge in [-0.2, -0.15) is 0 Å². The van der Waals surface area contributed by atoms with Gasteiger partial charge in [-0.3, -0.25) is 0 Å². The van der Waals surface area contributed by atoms with Gasteiger partial charge >= 0.3 is 0 Å². The molecule has 2 N–H and O–H groups in total. The lowest BCUT2D eigenvalue weighted by atomic mass is 10.2. The molecule has 3 heteroatoms. The van der Waals surface area contributed by atoms with Crippen LogP contribution in [0.15, 0.2) is 30.3 Å². The van der Waals surface area contributed by atoms with E-state index < -0.39 is 6.23 Å². The molecule has 0 aliphatic heterocycles. The second-order valence-corrected chi connectivity index (χ2v) is 5.37. The molecule has 0 heterocycles. The summed E-state index contributed by atoms with van der Waals surface area (Å²) in [5.41, 5.74) is 0.978. The van der Waals surface area contributed by atoms with Crippen LogP contribution >= 0.6 is 22.6 Å². The van der Waals surface area contributed by atoms with Gasteiger partial charge < -0.3 is 10.4 Å². The summed E-state index contributed by atoms with van der Waals surface area (Å²) in [5, 5.41) is 12.8. The first-order valence-corrected chi connectivity index (χ1v) is 6.60. The Labute approximate surface area is 105 Å². The first kappa shape index (κ1) is 12.8. The summed E-state index contributed by atoms with van der Waals surface area (Å²) in [6.45, 7) is 2.17. The minimum absolute atomic E-state index is 0.434. The Bertz CT molecular complexity index is 266. The highest BCUT2D eigenvalue weighted by Gasteiger charge is 2.06. The molecule has 0 aliphatic carbocycles. The quantitative estimate of drug-likeness (QED) is 0.478.